The van der Waals surface area contributed by atoms with Crippen LogP contribution in [0.1, 0.15) is 137 Å². The van der Waals surface area contributed by atoms with E-state index in [9.17, 15) is 0 Å². The molecule has 0 N–H and O–H groups in total. The summed E-state index contributed by atoms with van der Waals surface area (Å²) >= 11 is 0. The summed E-state index contributed by atoms with van der Waals surface area (Å²) in [6, 6.07) is 0. The molecule has 0 aromatic carbocycles. The first kappa shape index (κ1) is 23.3. The van der Waals surface area contributed by atoms with Gasteiger partial charge in [-0.2, -0.15) is 0 Å². The lowest BCUT2D eigenvalue weighted by molar-refractivity contribution is 0.138. The fourth-order valence-electron chi connectivity index (χ4n) is 6.98. The zero-order valence-corrected chi connectivity index (χ0v) is 19.5. The standard InChI is InChI=1S/C27H52/c1-5-9-24(10-6-2)26-17-13-22(14-18-26)21-23-15-19-27(20-16-23)25(11-7-3)12-8-4/h22-27H,5-21H2,1-4H3. The van der Waals surface area contributed by atoms with Crippen LogP contribution in [0.25, 0.3) is 0 Å². The van der Waals surface area contributed by atoms with Crippen LogP contribution in [0.15, 0.2) is 0 Å². The summed E-state index contributed by atoms with van der Waals surface area (Å²) in [4.78, 5) is 0. The molecule has 2 rings (SSSR count). The molecule has 0 amide bonds. The van der Waals surface area contributed by atoms with Gasteiger partial charge in [0.15, 0.2) is 0 Å². The average molecular weight is 377 g/mol. The van der Waals surface area contributed by atoms with Gasteiger partial charge in [-0.3, -0.25) is 0 Å². The molecule has 0 heterocycles. The van der Waals surface area contributed by atoms with Gasteiger partial charge in [-0.25, -0.2) is 0 Å². The lowest BCUT2D eigenvalue weighted by atomic mass is 9.68. The number of rotatable bonds is 12. The van der Waals surface area contributed by atoms with E-state index in [0.717, 1.165) is 35.5 Å². The molecule has 0 unspecified atom stereocenters. The Labute approximate surface area is 172 Å². The molecule has 0 saturated heterocycles. The van der Waals surface area contributed by atoms with Crippen LogP contribution in [-0.4, -0.2) is 0 Å². The predicted molar refractivity (Wildman–Crippen MR) is 122 cm³/mol. The lowest BCUT2D eigenvalue weighted by Gasteiger charge is -2.38. The first-order valence-electron chi connectivity index (χ1n) is 13.2. The Morgan fingerprint density at radius 3 is 1.04 bits per heavy atom. The zero-order chi connectivity index (χ0) is 19.5. The summed E-state index contributed by atoms with van der Waals surface area (Å²) in [7, 11) is 0. The third kappa shape index (κ3) is 7.74. The lowest BCUT2D eigenvalue weighted by Crippen LogP contribution is -2.26. The van der Waals surface area contributed by atoms with E-state index in [-0.39, 0.29) is 0 Å². The largest absolute Gasteiger partial charge is 0.0654 e. The van der Waals surface area contributed by atoms with E-state index in [1.807, 2.05) is 0 Å². The van der Waals surface area contributed by atoms with Gasteiger partial charge in [0.1, 0.15) is 0 Å². The van der Waals surface area contributed by atoms with Crippen molar-refractivity contribution in [2.45, 2.75) is 137 Å². The predicted octanol–water partition coefficient (Wildman–Crippen LogP) is 9.42. The number of hydrogen-bond acceptors (Lipinski definition) is 0. The van der Waals surface area contributed by atoms with Gasteiger partial charge in [0.2, 0.25) is 0 Å². The normalized spacial score (nSPS) is 29.6. The highest BCUT2D eigenvalue weighted by Crippen LogP contribution is 2.43. The van der Waals surface area contributed by atoms with Gasteiger partial charge in [0.05, 0.1) is 0 Å². The second kappa shape index (κ2) is 13.3. The van der Waals surface area contributed by atoms with Crippen LogP contribution in [0, 0.1) is 35.5 Å². The minimum absolute atomic E-state index is 1.05. The summed E-state index contributed by atoms with van der Waals surface area (Å²) in [5.41, 5.74) is 0. The molecule has 0 atom stereocenters. The molecule has 2 saturated carbocycles. The molecular formula is C27H52. The highest BCUT2D eigenvalue weighted by molar-refractivity contribution is 4.82. The van der Waals surface area contributed by atoms with Crippen molar-refractivity contribution in [3.05, 3.63) is 0 Å². The first-order chi connectivity index (χ1) is 13.2. The van der Waals surface area contributed by atoms with Crippen molar-refractivity contribution in [3.8, 4) is 0 Å². The minimum Gasteiger partial charge on any atom is -0.0654 e. The van der Waals surface area contributed by atoms with Gasteiger partial charge in [0, 0.05) is 0 Å². The van der Waals surface area contributed by atoms with E-state index in [0.29, 0.717) is 0 Å². The highest BCUT2D eigenvalue weighted by Gasteiger charge is 2.31. The van der Waals surface area contributed by atoms with Crippen molar-refractivity contribution in [2.24, 2.45) is 35.5 Å². The van der Waals surface area contributed by atoms with E-state index < -0.39 is 0 Å². The molecule has 0 heteroatoms. The second-order valence-corrected chi connectivity index (χ2v) is 10.5. The van der Waals surface area contributed by atoms with E-state index >= 15 is 0 Å². The van der Waals surface area contributed by atoms with Gasteiger partial charge in [-0.1, -0.05) is 105 Å². The molecule has 0 aromatic heterocycles. The Hall–Kier alpha value is 0. The maximum absolute atomic E-state index is 2.39. The molecule has 0 aliphatic heterocycles. The Morgan fingerprint density at radius 1 is 0.481 bits per heavy atom. The van der Waals surface area contributed by atoms with Crippen molar-refractivity contribution in [1.82, 2.24) is 0 Å². The van der Waals surface area contributed by atoms with Gasteiger partial charge in [0.25, 0.3) is 0 Å². The monoisotopic (exact) mass is 376 g/mol. The summed E-state index contributed by atoms with van der Waals surface area (Å²) in [6.07, 6.45) is 25.6. The first-order valence-corrected chi connectivity index (χ1v) is 13.2. The smallest absolute Gasteiger partial charge is 0.0386 e. The number of hydrogen-bond donors (Lipinski definition) is 0. The molecule has 0 spiro atoms. The molecule has 0 aromatic rings. The summed E-state index contributed by atoms with van der Waals surface area (Å²) in [6.45, 7) is 9.54. The molecule has 0 nitrogen and oxygen atoms in total. The maximum atomic E-state index is 2.39. The molecule has 2 aliphatic carbocycles. The van der Waals surface area contributed by atoms with Crippen LogP contribution in [0.2, 0.25) is 0 Å². The molecule has 0 bridgehead atoms. The molecular weight excluding hydrogens is 324 g/mol. The SMILES string of the molecule is CCCC(CCC)C1CCC(CC2CCC(C(CCC)CCC)CC2)CC1. The van der Waals surface area contributed by atoms with Crippen LogP contribution in [0.3, 0.4) is 0 Å². The van der Waals surface area contributed by atoms with Gasteiger partial charge in [-0.15, -0.1) is 0 Å². The van der Waals surface area contributed by atoms with E-state index in [1.165, 1.54) is 51.4 Å². The summed E-state index contributed by atoms with van der Waals surface area (Å²) < 4.78 is 0. The van der Waals surface area contributed by atoms with E-state index in [4.69, 9.17) is 0 Å². The van der Waals surface area contributed by atoms with Gasteiger partial charge >= 0.3 is 0 Å². The van der Waals surface area contributed by atoms with Crippen LogP contribution < -0.4 is 0 Å². The summed E-state index contributed by atoms with van der Waals surface area (Å²) in [5, 5.41) is 0. The van der Waals surface area contributed by atoms with Crippen molar-refractivity contribution < 1.29 is 0 Å². The average Bonchev–Trinajstić information content (AvgIpc) is 2.69. The molecule has 0 radical (unpaired) electrons. The molecule has 2 fully saturated rings. The molecule has 160 valence electrons. The zero-order valence-electron chi connectivity index (χ0n) is 19.5. The van der Waals surface area contributed by atoms with Crippen LogP contribution >= 0.6 is 0 Å². The van der Waals surface area contributed by atoms with Crippen LogP contribution in [0.4, 0.5) is 0 Å². The Balaban J connectivity index is 1.69. The van der Waals surface area contributed by atoms with Gasteiger partial charge in [-0.05, 0) is 67.6 Å². The van der Waals surface area contributed by atoms with Crippen molar-refractivity contribution in [1.29, 1.82) is 0 Å². The molecule has 27 heavy (non-hydrogen) atoms. The summed E-state index contributed by atoms with van der Waals surface area (Å²) in [5.74, 6) is 6.39. The Kier molecular flexibility index (Phi) is 11.4. The second-order valence-electron chi connectivity index (χ2n) is 10.5. The van der Waals surface area contributed by atoms with E-state index in [1.54, 1.807) is 57.8 Å². The van der Waals surface area contributed by atoms with Crippen molar-refractivity contribution in [2.75, 3.05) is 0 Å². The maximum Gasteiger partial charge on any atom is -0.0386 e. The van der Waals surface area contributed by atoms with E-state index in [2.05, 4.69) is 27.7 Å². The highest BCUT2D eigenvalue weighted by atomic mass is 14.4. The molecule has 2 aliphatic rings. The van der Waals surface area contributed by atoms with Gasteiger partial charge < -0.3 is 0 Å². The third-order valence-corrected chi connectivity index (χ3v) is 8.42. The van der Waals surface area contributed by atoms with Crippen LogP contribution in [0.5, 0.6) is 0 Å². The Morgan fingerprint density at radius 2 is 0.778 bits per heavy atom. The van der Waals surface area contributed by atoms with Crippen molar-refractivity contribution in [3.63, 3.8) is 0 Å². The minimum atomic E-state index is 1.05. The third-order valence-electron chi connectivity index (χ3n) is 8.42. The van der Waals surface area contributed by atoms with Crippen LogP contribution in [-0.2, 0) is 0 Å². The topological polar surface area (TPSA) is 0 Å². The van der Waals surface area contributed by atoms with Crippen molar-refractivity contribution >= 4 is 0 Å². The Bertz CT molecular complexity index is 297. The quantitative estimate of drug-likeness (QED) is 0.318. The fraction of sp³-hybridized carbons (Fsp3) is 1.00. The fourth-order valence-corrected chi connectivity index (χ4v) is 6.98.